The van der Waals surface area contributed by atoms with Crippen molar-refractivity contribution in [1.82, 2.24) is 19.5 Å². The van der Waals surface area contributed by atoms with Crippen molar-refractivity contribution in [2.24, 2.45) is 0 Å². The van der Waals surface area contributed by atoms with E-state index < -0.39 is 0 Å². The summed E-state index contributed by atoms with van der Waals surface area (Å²) in [6.07, 6.45) is 0. The summed E-state index contributed by atoms with van der Waals surface area (Å²) in [5, 5.41) is 4.50. The van der Waals surface area contributed by atoms with Crippen LogP contribution in [0.1, 0.15) is 25.0 Å². The Morgan fingerprint density at radius 2 is 1.08 bits per heavy atom. The minimum atomic E-state index is -0.113. The summed E-state index contributed by atoms with van der Waals surface area (Å²) < 4.78 is 8.53. The van der Waals surface area contributed by atoms with Crippen LogP contribution in [0.4, 0.5) is 0 Å². The second-order valence-electron chi connectivity index (χ2n) is 14.5. The van der Waals surface area contributed by atoms with Gasteiger partial charge in [0.1, 0.15) is 11.2 Å². The fourth-order valence-corrected chi connectivity index (χ4v) is 8.41. The van der Waals surface area contributed by atoms with E-state index >= 15 is 0 Å². The molecule has 5 nitrogen and oxygen atoms in total. The fourth-order valence-electron chi connectivity index (χ4n) is 8.41. The van der Waals surface area contributed by atoms with Gasteiger partial charge in [0.05, 0.1) is 11.0 Å². The third-order valence-electron chi connectivity index (χ3n) is 11.1. The van der Waals surface area contributed by atoms with E-state index in [1.165, 1.54) is 27.6 Å². The molecule has 0 spiro atoms. The number of furan rings is 1. The summed E-state index contributed by atoms with van der Waals surface area (Å²) >= 11 is 0. The number of para-hydroxylation sites is 2. The second-order valence-corrected chi connectivity index (χ2v) is 14.5. The number of aromatic nitrogens is 4. The molecule has 250 valence electrons. The average molecular weight is 681 g/mol. The number of hydrogen-bond acceptors (Lipinski definition) is 4. The first-order chi connectivity index (χ1) is 26.0. The molecular formula is C48H32N4O. The molecule has 0 amide bonds. The molecule has 53 heavy (non-hydrogen) atoms. The number of rotatable bonds is 4. The monoisotopic (exact) mass is 680 g/mol. The highest BCUT2D eigenvalue weighted by Gasteiger charge is 2.36. The maximum atomic E-state index is 6.31. The van der Waals surface area contributed by atoms with Gasteiger partial charge in [-0.3, -0.25) is 4.57 Å². The second kappa shape index (κ2) is 11.1. The predicted octanol–water partition coefficient (Wildman–Crippen LogP) is 12.2. The van der Waals surface area contributed by atoms with Crippen molar-refractivity contribution in [2.75, 3.05) is 0 Å². The van der Waals surface area contributed by atoms with Crippen LogP contribution in [0.2, 0.25) is 0 Å². The lowest BCUT2D eigenvalue weighted by Gasteiger charge is -2.21. The van der Waals surface area contributed by atoms with Crippen LogP contribution in [0.15, 0.2) is 162 Å². The first-order valence-corrected chi connectivity index (χ1v) is 18.0. The number of hydrogen-bond donors (Lipinski definition) is 0. The van der Waals surface area contributed by atoms with Gasteiger partial charge in [-0.1, -0.05) is 135 Å². The first-order valence-electron chi connectivity index (χ1n) is 18.0. The molecule has 0 N–H and O–H groups in total. The Morgan fingerprint density at radius 3 is 1.92 bits per heavy atom. The molecule has 0 atom stereocenters. The standard InChI is InChI=1S/C48H32N4O/c1-48(2)39-17-9-6-14-33(39)37-28-42-38(27-40(37)48)34-15-7-10-18-41(34)52(42)47-50-45(31-22-20-30(21-23-31)29-12-4-3-5-13-29)49-46(51-47)32-24-25-36-35-16-8-11-19-43(35)53-44(36)26-32/h3-28H,1-2H3. The van der Waals surface area contributed by atoms with E-state index in [1.807, 2.05) is 24.3 Å². The Bertz CT molecular complexity index is 3080. The highest BCUT2D eigenvalue weighted by Crippen LogP contribution is 2.51. The molecular weight excluding hydrogens is 649 g/mol. The Morgan fingerprint density at radius 1 is 0.434 bits per heavy atom. The molecule has 1 aliphatic rings. The molecule has 7 aromatic carbocycles. The predicted molar refractivity (Wildman–Crippen MR) is 215 cm³/mol. The Hall–Kier alpha value is -6.85. The minimum Gasteiger partial charge on any atom is -0.456 e. The summed E-state index contributed by atoms with van der Waals surface area (Å²) in [6, 6.07) is 55.4. The molecule has 1 aliphatic carbocycles. The van der Waals surface area contributed by atoms with Crippen LogP contribution in [0.5, 0.6) is 0 Å². The Balaban J connectivity index is 1.16. The Labute approximate surface area is 305 Å². The molecule has 10 aromatic rings. The van der Waals surface area contributed by atoms with Gasteiger partial charge >= 0.3 is 0 Å². The molecule has 0 saturated carbocycles. The molecule has 3 aromatic heterocycles. The van der Waals surface area contributed by atoms with Gasteiger partial charge in [0, 0.05) is 38.1 Å². The van der Waals surface area contributed by atoms with Crippen molar-refractivity contribution >= 4 is 43.7 Å². The van der Waals surface area contributed by atoms with E-state index in [0.29, 0.717) is 17.6 Å². The summed E-state index contributed by atoms with van der Waals surface area (Å²) in [5.74, 6) is 1.75. The van der Waals surface area contributed by atoms with Crippen LogP contribution in [-0.4, -0.2) is 19.5 Å². The van der Waals surface area contributed by atoms with E-state index in [0.717, 1.165) is 60.6 Å². The lowest BCUT2D eigenvalue weighted by atomic mass is 9.82. The zero-order chi connectivity index (χ0) is 35.3. The maximum Gasteiger partial charge on any atom is 0.238 e. The van der Waals surface area contributed by atoms with Crippen LogP contribution in [0.3, 0.4) is 0 Å². The molecule has 3 heterocycles. The third kappa shape index (κ3) is 4.47. The van der Waals surface area contributed by atoms with Gasteiger partial charge in [-0.25, -0.2) is 4.98 Å². The number of nitrogens with zero attached hydrogens (tertiary/aromatic N) is 4. The van der Waals surface area contributed by atoms with Crippen molar-refractivity contribution in [3.8, 4) is 51.0 Å². The highest BCUT2D eigenvalue weighted by molar-refractivity contribution is 6.11. The summed E-state index contributed by atoms with van der Waals surface area (Å²) in [7, 11) is 0. The normalized spacial score (nSPS) is 13.2. The van der Waals surface area contributed by atoms with Crippen molar-refractivity contribution in [3.05, 3.63) is 169 Å². The summed E-state index contributed by atoms with van der Waals surface area (Å²) in [4.78, 5) is 15.7. The zero-order valence-corrected chi connectivity index (χ0v) is 29.2. The molecule has 0 radical (unpaired) electrons. The van der Waals surface area contributed by atoms with Crippen molar-refractivity contribution in [2.45, 2.75) is 19.3 Å². The van der Waals surface area contributed by atoms with Crippen molar-refractivity contribution < 1.29 is 4.42 Å². The van der Waals surface area contributed by atoms with E-state index in [1.54, 1.807) is 0 Å². The number of benzene rings is 7. The van der Waals surface area contributed by atoms with Crippen LogP contribution in [0.25, 0.3) is 94.7 Å². The van der Waals surface area contributed by atoms with Crippen LogP contribution >= 0.6 is 0 Å². The highest BCUT2D eigenvalue weighted by atomic mass is 16.3. The minimum absolute atomic E-state index is 0.113. The smallest absolute Gasteiger partial charge is 0.238 e. The quantitative estimate of drug-likeness (QED) is 0.186. The van der Waals surface area contributed by atoms with Crippen LogP contribution in [-0.2, 0) is 5.41 Å². The van der Waals surface area contributed by atoms with Crippen molar-refractivity contribution in [1.29, 1.82) is 0 Å². The van der Waals surface area contributed by atoms with Gasteiger partial charge in [0.2, 0.25) is 5.95 Å². The molecule has 0 aliphatic heterocycles. The zero-order valence-electron chi connectivity index (χ0n) is 29.2. The van der Waals surface area contributed by atoms with Gasteiger partial charge in [-0.05, 0) is 69.8 Å². The fraction of sp³-hybridized carbons (Fsp3) is 0.0625. The molecule has 0 bridgehead atoms. The first kappa shape index (κ1) is 29.8. The van der Waals surface area contributed by atoms with Gasteiger partial charge in [-0.2, -0.15) is 9.97 Å². The van der Waals surface area contributed by atoms with E-state index in [-0.39, 0.29) is 5.41 Å². The molecule has 0 saturated heterocycles. The third-order valence-corrected chi connectivity index (χ3v) is 11.1. The topological polar surface area (TPSA) is 56.7 Å². The van der Waals surface area contributed by atoms with Gasteiger partial charge in [-0.15, -0.1) is 0 Å². The average Bonchev–Trinajstić information content (AvgIpc) is 3.82. The lowest BCUT2D eigenvalue weighted by Crippen LogP contribution is -2.14. The van der Waals surface area contributed by atoms with Crippen molar-refractivity contribution in [3.63, 3.8) is 0 Å². The van der Waals surface area contributed by atoms with E-state index in [4.69, 9.17) is 19.4 Å². The molecule has 11 rings (SSSR count). The van der Waals surface area contributed by atoms with Gasteiger partial charge in [0.15, 0.2) is 11.6 Å². The molecule has 0 fully saturated rings. The lowest BCUT2D eigenvalue weighted by molar-refractivity contribution is 0.661. The molecule has 0 unspecified atom stereocenters. The largest absolute Gasteiger partial charge is 0.456 e. The SMILES string of the molecule is CC1(C)c2ccccc2-c2cc3c(cc21)c1ccccc1n3-c1nc(-c2ccc(-c3ccccc3)cc2)nc(-c2ccc3c(c2)oc2ccccc23)n1. The maximum absolute atomic E-state index is 6.31. The Kier molecular flexibility index (Phi) is 6.23. The van der Waals surface area contributed by atoms with E-state index in [9.17, 15) is 0 Å². The summed E-state index contributed by atoms with van der Waals surface area (Å²) in [6.45, 7) is 4.66. The summed E-state index contributed by atoms with van der Waals surface area (Å²) in [5.41, 5.74) is 13.0. The van der Waals surface area contributed by atoms with Gasteiger partial charge in [0.25, 0.3) is 0 Å². The number of fused-ring (bicyclic) bond motifs is 9. The van der Waals surface area contributed by atoms with E-state index in [2.05, 4.69) is 152 Å². The van der Waals surface area contributed by atoms with Crippen LogP contribution < -0.4 is 0 Å². The van der Waals surface area contributed by atoms with Crippen LogP contribution in [0, 0.1) is 0 Å². The molecule has 5 heteroatoms. The van der Waals surface area contributed by atoms with Gasteiger partial charge < -0.3 is 4.42 Å².